The Hall–Kier alpha value is -1.84. The summed E-state index contributed by atoms with van der Waals surface area (Å²) in [5.74, 6) is -1.41. The highest BCUT2D eigenvalue weighted by molar-refractivity contribution is 6.42. The average Bonchev–Trinajstić information content (AvgIpc) is 2.07. The van der Waals surface area contributed by atoms with E-state index in [-0.39, 0.29) is 0 Å². The summed E-state index contributed by atoms with van der Waals surface area (Å²) in [6.45, 7) is 0. The van der Waals surface area contributed by atoms with Gasteiger partial charge in [0.1, 0.15) is 0 Å². The first-order chi connectivity index (χ1) is 5.77. The predicted molar refractivity (Wildman–Crippen MR) is 41.9 cm³/mol. The number of fused-ring (bicyclic) bond motifs is 1. The van der Waals surface area contributed by atoms with Gasteiger partial charge < -0.3 is 5.32 Å². The summed E-state index contributed by atoms with van der Waals surface area (Å²) in [7, 11) is 0. The number of carbonyl (C=O) groups excluding carboxylic acids is 2. The van der Waals surface area contributed by atoms with Gasteiger partial charge in [-0.25, -0.2) is 5.32 Å². The van der Waals surface area contributed by atoms with Crippen LogP contribution in [0.3, 0.4) is 0 Å². The van der Waals surface area contributed by atoms with Crippen LogP contribution in [0.5, 0.6) is 0 Å². The fraction of sp³-hybridized carbons (Fsp3) is 0. The van der Waals surface area contributed by atoms with Gasteiger partial charge in [-0.1, -0.05) is 12.1 Å². The molecule has 0 spiro atoms. The molecule has 0 aliphatic carbocycles. The first kappa shape index (κ1) is 6.84. The minimum atomic E-state index is -0.742. The maximum absolute atomic E-state index is 10.8. The lowest BCUT2D eigenvalue weighted by molar-refractivity contribution is -0.135. The average molecular weight is 161 g/mol. The largest absolute Gasteiger partial charge is 0.335 e. The van der Waals surface area contributed by atoms with Gasteiger partial charge in [0, 0.05) is 0 Å². The van der Waals surface area contributed by atoms with E-state index in [0.29, 0.717) is 11.4 Å². The van der Waals surface area contributed by atoms with Gasteiger partial charge in [0.25, 0.3) is 0 Å². The van der Waals surface area contributed by atoms with Crippen LogP contribution in [0.4, 0.5) is 11.4 Å². The molecule has 4 nitrogen and oxygen atoms in total. The zero-order valence-electron chi connectivity index (χ0n) is 6.07. The number of para-hydroxylation sites is 2. The first-order valence-electron chi connectivity index (χ1n) is 3.43. The molecule has 4 heteroatoms. The second kappa shape index (κ2) is 2.34. The number of carbonyl (C=O) groups is 2. The second-order valence-corrected chi connectivity index (χ2v) is 2.39. The molecule has 0 saturated carbocycles. The molecule has 1 aromatic carbocycles. The van der Waals surface area contributed by atoms with E-state index >= 15 is 0 Å². The molecule has 0 fully saturated rings. The van der Waals surface area contributed by atoms with Crippen LogP contribution in [0.15, 0.2) is 24.3 Å². The SMILES string of the molecule is O=C1[N]c2ccccc2NC1=O. The highest BCUT2D eigenvalue weighted by Crippen LogP contribution is 2.23. The summed E-state index contributed by atoms with van der Waals surface area (Å²) in [6.07, 6.45) is 0. The Balaban J connectivity index is 2.47. The van der Waals surface area contributed by atoms with Crippen LogP contribution in [0.1, 0.15) is 0 Å². The van der Waals surface area contributed by atoms with E-state index in [0.717, 1.165) is 0 Å². The van der Waals surface area contributed by atoms with Crippen LogP contribution in [-0.4, -0.2) is 11.8 Å². The van der Waals surface area contributed by atoms with Gasteiger partial charge in [-0.2, -0.15) is 0 Å². The topological polar surface area (TPSA) is 60.3 Å². The molecule has 1 N–H and O–H groups in total. The van der Waals surface area contributed by atoms with E-state index < -0.39 is 11.8 Å². The number of anilines is 1. The quantitative estimate of drug-likeness (QED) is 0.560. The normalized spacial score (nSPS) is 14.7. The van der Waals surface area contributed by atoms with Gasteiger partial charge in [-0.05, 0) is 12.1 Å². The minimum absolute atomic E-state index is 0.516. The number of hydrogen-bond acceptors (Lipinski definition) is 2. The molecule has 0 saturated heterocycles. The maximum Gasteiger partial charge on any atom is 0.335 e. The summed E-state index contributed by atoms with van der Waals surface area (Å²) in [5.41, 5.74) is 1.10. The van der Waals surface area contributed by atoms with E-state index in [2.05, 4.69) is 10.6 Å². The van der Waals surface area contributed by atoms with Crippen molar-refractivity contribution >= 4 is 23.2 Å². The molecular formula is C8H5N2O2. The molecule has 0 bridgehead atoms. The number of benzene rings is 1. The molecule has 0 unspecified atom stereocenters. The van der Waals surface area contributed by atoms with E-state index in [1.807, 2.05) is 0 Å². The zero-order valence-corrected chi connectivity index (χ0v) is 6.07. The van der Waals surface area contributed by atoms with Gasteiger partial charge >= 0.3 is 11.8 Å². The van der Waals surface area contributed by atoms with Crippen molar-refractivity contribution < 1.29 is 9.59 Å². The van der Waals surface area contributed by atoms with Crippen LogP contribution in [0.2, 0.25) is 0 Å². The lowest BCUT2D eigenvalue weighted by Gasteiger charge is -2.13. The minimum Gasteiger partial charge on any atom is -0.316 e. The Morgan fingerprint density at radius 2 is 1.92 bits per heavy atom. The van der Waals surface area contributed by atoms with E-state index in [9.17, 15) is 9.59 Å². The molecule has 2 amide bonds. The molecule has 1 heterocycles. The Labute approximate surface area is 68.6 Å². The van der Waals surface area contributed by atoms with Gasteiger partial charge in [0.05, 0.1) is 11.4 Å². The van der Waals surface area contributed by atoms with Crippen molar-refractivity contribution in [2.45, 2.75) is 0 Å². The molecule has 1 aliphatic rings. The number of amides is 2. The highest BCUT2D eigenvalue weighted by atomic mass is 16.2. The van der Waals surface area contributed by atoms with Crippen LogP contribution < -0.4 is 10.6 Å². The van der Waals surface area contributed by atoms with E-state index in [4.69, 9.17) is 0 Å². The van der Waals surface area contributed by atoms with Crippen molar-refractivity contribution in [3.63, 3.8) is 0 Å². The van der Waals surface area contributed by atoms with E-state index in [1.165, 1.54) is 0 Å². The van der Waals surface area contributed by atoms with Crippen molar-refractivity contribution in [2.24, 2.45) is 0 Å². The summed E-state index contributed by atoms with van der Waals surface area (Å²) in [4.78, 5) is 21.6. The first-order valence-corrected chi connectivity index (χ1v) is 3.43. The lowest BCUT2D eigenvalue weighted by Crippen LogP contribution is -2.33. The van der Waals surface area contributed by atoms with Crippen molar-refractivity contribution in [3.8, 4) is 0 Å². The standard InChI is InChI=1S/C8H5N2O2/c11-7-8(12)10-6-4-2-1-3-5(6)9-7/h1-4H,(H,9,11). The second-order valence-electron chi connectivity index (χ2n) is 2.39. The fourth-order valence-corrected chi connectivity index (χ4v) is 1.01. The number of nitrogens with zero attached hydrogens (tertiary/aromatic N) is 1. The van der Waals surface area contributed by atoms with Crippen LogP contribution in [0.25, 0.3) is 0 Å². The Morgan fingerprint density at radius 1 is 1.17 bits per heavy atom. The smallest absolute Gasteiger partial charge is 0.316 e. The van der Waals surface area contributed by atoms with Gasteiger partial charge in [0.15, 0.2) is 0 Å². The summed E-state index contributed by atoms with van der Waals surface area (Å²) < 4.78 is 0. The van der Waals surface area contributed by atoms with Crippen LogP contribution in [-0.2, 0) is 9.59 Å². The fourth-order valence-electron chi connectivity index (χ4n) is 1.01. The molecular weight excluding hydrogens is 156 g/mol. The molecule has 1 radical (unpaired) electrons. The molecule has 12 heavy (non-hydrogen) atoms. The van der Waals surface area contributed by atoms with Gasteiger partial charge in [0.2, 0.25) is 0 Å². The molecule has 1 aromatic rings. The summed E-state index contributed by atoms with van der Waals surface area (Å²) >= 11 is 0. The Bertz CT molecular complexity index is 325. The lowest BCUT2D eigenvalue weighted by atomic mass is 10.2. The van der Waals surface area contributed by atoms with E-state index in [1.54, 1.807) is 24.3 Å². The molecule has 2 rings (SSSR count). The highest BCUT2D eigenvalue weighted by Gasteiger charge is 2.23. The monoisotopic (exact) mass is 161 g/mol. The Kier molecular flexibility index (Phi) is 1.33. The predicted octanol–water partition coefficient (Wildman–Crippen LogP) is 0.401. The Morgan fingerprint density at radius 3 is 2.75 bits per heavy atom. The third-order valence-electron chi connectivity index (χ3n) is 1.57. The van der Waals surface area contributed by atoms with Gasteiger partial charge in [-0.3, -0.25) is 9.59 Å². The van der Waals surface area contributed by atoms with Crippen molar-refractivity contribution in [2.75, 3.05) is 5.32 Å². The number of hydrogen-bond donors (Lipinski definition) is 1. The van der Waals surface area contributed by atoms with Crippen molar-refractivity contribution in [1.82, 2.24) is 5.32 Å². The zero-order chi connectivity index (χ0) is 8.55. The maximum atomic E-state index is 10.8. The number of rotatable bonds is 0. The number of nitrogens with one attached hydrogen (secondary N) is 1. The third kappa shape index (κ3) is 0.934. The van der Waals surface area contributed by atoms with Crippen molar-refractivity contribution in [1.29, 1.82) is 0 Å². The van der Waals surface area contributed by atoms with Gasteiger partial charge in [-0.15, -0.1) is 0 Å². The van der Waals surface area contributed by atoms with Crippen LogP contribution >= 0.6 is 0 Å². The molecule has 0 aromatic heterocycles. The molecule has 59 valence electrons. The van der Waals surface area contributed by atoms with Crippen LogP contribution in [0, 0.1) is 0 Å². The summed E-state index contributed by atoms with van der Waals surface area (Å²) in [5, 5.41) is 6.00. The third-order valence-corrected chi connectivity index (χ3v) is 1.57. The summed E-state index contributed by atoms with van der Waals surface area (Å²) in [6, 6.07) is 6.90. The molecule has 1 aliphatic heterocycles. The van der Waals surface area contributed by atoms with Crippen molar-refractivity contribution in [3.05, 3.63) is 24.3 Å². The molecule has 0 atom stereocenters.